The van der Waals surface area contributed by atoms with Crippen molar-refractivity contribution < 1.29 is 4.92 Å². The minimum atomic E-state index is -0.439. The van der Waals surface area contributed by atoms with Gasteiger partial charge in [0, 0.05) is 18.7 Å². The van der Waals surface area contributed by atoms with E-state index in [2.05, 4.69) is 33.0 Å². The average Bonchev–Trinajstić information content (AvgIpc) is 2.29. The van der Waals surface area contributed by atoms with E-state index in [1.807, 2.05) is 0 Å². The van der Waals surface area contributed by atoms with Crippen molar-refractivity contribution in [2.24, 2.45) is 17.8 Å². The maximum absolute atomic E-state index is 10.6. The van der Waals surface area contributed by atoms with Crippen molar-refractivity contribution in [3.8, 4) is 0 Å². The van der Waals surface area contributed by atoms with Gasteiger partial charge in [0.15, 0.2) is 0 Å². The third kappa shape index (κ3) is 4.12. The molecule has 0 fully saturated rings. The van der Waals surface area contributed by atoms with Crippen molar-refractivity contribution in [3.05, 3.63) is 28.3 Å². The quantitative estimate of drug-likeness (QED) is 0.468. The molecule has 0 aliphatic rings. The Balaban J connectivity index is 2.75. The highest BCUT2D eigenvalue weighted by molar-refractivity contribution is 5.69. The molecule has 3 N–H and O–H groups in total. The molecule has 1 rings (SSSR count). The Kier molecular flexibility index (Phi) is 5.15. The molecule has 0 heterocycles. The smallest absolute Gasteiger partial charge is 0.271 e. The highest BCUT2D eigenvalue weighted by Gasteiger charge is 2.17. The van der Waals surface area contributed by atoms with Crippen LogP contribution in [-0.2, 0) is 0 Å². The summed E-state index contributed by atoms with van der Waals surface area (Å²) in [7, 11) is 0. The first-order valence-corrected chi connectivity index (χ1v) is 6.60. The Morgan fingerprint density at radius 1 is 1.26 bits per heavy atom. The summed E-state index contributed by atoms with van der Waals surface area (Å²) in [6.45, 7) is 9.62. The first kappa shape index (κ1) is 15.3. The topological polar surface area (TPSA) is 81.2 Å². The van der Waals surface area contributed by atoms with Crippen LogP contribution < -0.4 is 11.1 Å². The molecule has 0 radical (unpaired) electrons. The van der Waals surface area contributed by atoms with Crippen molar-refractivity contribution in [2.75, 3.05) is 17.6 Å². The zero-order valence-electron chi connectivity index (χ0n) is 12.0. The monoisotopic (exact) mass is 265 g/mol. The van der Waals surface area contributed by atoms with Crippen molar-refractivity contribution in [1.82, 2.24) is 0 Å². The highest BCUT2D eigenvalue weighted by Crippen LogP contribution is 2.26. The summed E-state index contributed by atoms with van der Waals surface area (Å²) in [5, 5.41) is 13.9. The first-order valence-electron chi connectivity index (χ1n) is 6.60. The van der Waals surface area contributed by atoms with Crippen LogP contribution in [0.2, 0.25) is 0 Å². The summed E-state index contributed by atoms with van der Waals surface area (Å²) in [4.78, 5) is 10.2. The minimum absolute atomic E-state index is 0.0207. The van der Waals surface area contributed by atoms with Gasteiger partial charge in [0.1, 0.15) is 0 Å². The van der Waals surface area contributed by atoms with Gasteiger partial charge >= 0.3 is 0 Å². The summed E-state index contributed by atoms with van der Waals surface area (Å²) in [6.07, 6.45) is 0. The van der Waals surface area contributed by atoms with Crippen LogP contribution in [0.4, 0.5) is 17.1 Å². The molecule has 1 aromatic carbocycles. The van der Waals surface area contributed by atoms with E-state index in [0.717, 1.165) is 12.2 Å². The zero-order chi connectivity index (χ0) is 14.6. The number of nitrogens with zero attached hydrogens (tertiary/aromatic N) is 1. The molecule has 0 saturated carbocycles. The lowest BCUT2D eigenvalue weighted by atomic mass is 9.85. The lowest BCUT2D eigenvalue weighted by Gasteiger charge is -2.25. The van der Waals surface area contributed by atoms with Crippen LogP contribution in [0.25, 0.3) is 0 Å². The number of anilines is 2. The van der Waals surface area contributed by atoms with Gasteiger partial charge < -0.3 is 11.1 Å². The summed E-state index contributed by atoms with van der Waals surface area (Å²) in [5.41, 5.74) is 7.03. The molecule has 5 heteroatoms. The molecule has 5 nitrogen and oxygen atoms in total. The molecule has 1 aromatic rings. The van der Waals surface area contributed by atoms with Crippen LogP contribution >= 0.6 is 0 Å². The Hall–Kier alpha value is -1.78. The van der Waals surface area contributed by atoms with Crippen molar-refractivity contribution in [1.29, 1.82) is 0 Å². The Bertz CT molecular complexity index is 436. The summed E-state index contributed by atoms with van der Waals surface area (Å²) in [6, 6.07) is 4.53. The summed E-state index contributed by atoms with van der Waals surface area (Å²) < 4.78 is 0. The van der Waals surface area contributed by atoms with E-state index in [9.17, 15) is 10.1 Å². The number of hydrogen-bond acceptors (Lipinski definition) is 4. The number of nitrogens with one attached hydrogen (secondary N) is 1. The lowest BCUT2D eigenvalue weighted by molar-refractivity contribution is -0.384. The van der Waals surface area contributed by atoms with Gasteiger partial charge in [-0.05, 0) is 23.8 Å². The van der Waals surface area contributed by atoms with E-state index in [-0.39, 0.29) is 5.69 Å². The normalized spacial score (nSPS) is 11.3. The Morgan fingerprint density at radius 3 is 2.26 bits per heavy atom. The molecule has 0 aromatic heterocycles. The summed E-state index contributed by atoms with van der Waals surface area (Å²) in [5.74, 6) is 1.69. The third-order valence-corrected chi connectivity index (χ3v) is 3.49. The molecule has 0 atom stereocenters. The van der Waals surface area contributed by atoms with Crippen LogP contribution in [0.5, 0.6) is 0 Å². The van der Waals surface area contributed by atoms with E-state index >= 15 is 0 Å². The maximum atomic E-state index is 10.6. The van der Waals surface area contributed by atoms with Crippen molar-refractivity contribution in [3.63, 3.8) is 0 Å². The second-order valence-electron chi connectivity index (χ2n) is 5.56. The number of benzene rings is 1. The molecule has 0 unspecified atom stereocenters. The summed E-state index contributed by atoms with van der Waals surface area (Å²) >= 11 is 0. The predicted molar refractivity (Wildman–Crippen MR) is 79.2 cm³/mol. The van der Waals surface area contributed by atoms with Crippen LogP contribution in [0, 0.1) is 27.9 Å². The van der Waals surface area contributed by atoms with Crippen LogP contribution in [-0.4, -0.2) is 11.5 Å². The van der Waals surface area contributed by atoms with Gasteiger partial charge in [-0.15, -0.1) is 0 Å². The Labute approximate surface area is 114 Å². The average molecular weight is 265 g/mol. The standard InChI is InChI=1S/C14H23N3O2/c1-9(2)12(10(3)4)8-16-14-6-5-11(17(18)19)7-13(14)15/h5-7,9-10,12,16H,8,15H2,1-4H3. The number of nitrogen functional groups attached to an aromatic ring is 1. The van der Waals surface area contributed by atoms with Crippen LogP contribution in [0.3, 0.4) is 0 Å². The first-order chi connectivity index (χ1) is 8.82. The van der Waals surface area contributed by atoms with Gasteiger partial charge in [-0.2, -0.15) is 0 Å². The van der Waals surface area contributed by atoms with E-state index in [4.69, 9.17) is 5.73 Å². The number of nitro groups is 1. The van der Waals surface area contributed by atoms with Gasteiger partial charge in [0.25, 0.3) is 5.69 Å². The molecular weight excluding hydrogens is 242 g/mol. The highest BCUT2D eigenvalue weighted by atomic mass is 16.6. The fraction of sp³-hybridized carbons (Fsp3) is 0.571. The lowest BCUT2D eigenvalue weighted by Crippen LogP contribution is -2.24. The van der Waals surface area contributed by atoms with E-state index in [1.165, 1.54) is 12.1 Å². The predicted octanol–water partition coefficient (Wildman–Crippen LogP) is 3.52. The SMILES string of the molecule is CC(C)C(CNc1ccc([N+](=O)[O-])cc1N)C(C)C. The van der Waals surface area contributed by atoms with E-state index < -0.39 is 4.92 Å². The fourth-order valence-electron chi connectivity index (χ4n) is 2.29. The molecule has 106 valence electrons. The second kappa shape index (κ2) is 6.41. The number of nitro benzene ring substituents is 1. The molecule has 0 aliphatic heterocycles. The molecule has 0 bridgehead atoms. The minimum Gasteiger partial charge on any atom is -0.397 e. The Morgan fingerprint density at radius 2 is 1.84 bits per heavy atom. The third-order valence-electron chi connectivity index (χ3n) is 3.49. The number of hydrogen-bond donors (Lipinski definition) is 2. The van der Waals surface area contributed by atoms with Gasteiger partial charge in [0.2, 0.25) is 0 Å². The van der Waals surface area contributed by atoms with Crippen molar-refractivity contribution >= 4 is 17.1 Å². The van der Waals surface area contributed by atoms with Crippen LogP contribution in [0.15, 0.2) is 18.2 Å². The molecule has 0 saturated heterocycles. The fourth-order valence-corrected chi connectivity index (χ4v) is 2.29. The van der Waals surface area contributed by atoms with Gasteiger partial charge in [0.05, 0.1) is 16.3 Å². The molecule has 0 amide bonds. The largest absolute Gasteiger partial charge is 0.397 e. The second-order valence-corrected chi connectivity index (χ2v) is 5.56. The molecular formula is C14H23N3O2. The molecule has 0 aliphatic carbocycles. The van der Waals surface area contributed by atoms with E-state index in [1.54, 1.807) is 6.07 Å². The maximum Gasteiger partial charge on any atom is 0.271 e. The van der Waals surface area contributed by atoms with E-state index in [0.29, 0.717) is 23.4 Å². The van der Waals surface area contributed by atoms with Gasteiger partial charge in [-0.25, -0.2) is 0 Å². The number of rotatable bonds is 6. The number of non-ortho nitro benzene ring substituents is 1. The van der Waals surface area contributed by atoms with Crippen molar-refractivity contribution in [2.45, 2.75) is 27.7 Å². The zero-order valence-corrected chi connectivity index (χ0v) is 12.0. The van der Waals surface area contributed by atoms with Crippen LogP contribution in [0.1, 0.15) is 27.7 Å². The number of nitrogens with two attached hydrogens (primary N) is 1. The van der Waals surface area contributed by atoms with Gasteiger partial charge in [-0.1, -0.05) is 27.7 Å². The molecule has 0 spiro atoms. The molecule has 19 heavy (non-hydrogen) atoms. The van der Waals surface area contributed by atoms with Gasteiger partial charge in [-0.3, -0.25) is 10.1 Å².